The Labute approximate surface area is 260 Å². The number of nitrogens with zero attached hydrogens (tertiary/aromatic N) is 4. The SMILES string of the molecule is CC1(C)c2ccc(C#N)cc2-c2ccc3c4ccccc4n(-c4cccc(-n5c6ccccc6c6cc(C#N)ccc65)c4)c3c21. The Balaban J connectivity index is 1.36. The van der Waals surface area contributed by atoms with E-state index in [9.17, 15) is 10.5 Å². The molecule has 1 aliphatic carbocycles. The summed E-state index contributed by atoms with van der Waals surface area (Å²) in [6, 6.07) is 47.0. The van der Waals surface area contributed by atoms with Crippen molar-refractivity contribution in [3.05, 3.63) is 144 Å². The summed E-state index contributed by atoms with van der Waals surface area (Å²) in [6.07, 6.45) is 0. The van der Waals surface area contributed by atoms with Crippen molar-refractivity contribution in [3.63, 3.8) is 0 Å². The standard InChI is InChI=1S/C41H26N4/c1-41(2)35-18-14-25(23-42)20-33(35)31-16-17-32-29-10-3-6-13-37(29)45(40(32)39(31)41)28-9-7-8-27(22-28)44-36-12-5-4-11-30(36)34-21-26(24-43)15-19-38(34)44/h3-22H,1-2H3. The fourth-order valence-electron chi connectivity index (χ4n) is 7.79. The van der Waals surface area contributed by atoms with Crippen molar-refractivity contribution in [2.24, 2.45) is 0 Å². The Hall–Kier alpha value is -6.10. The van der Waals surface area contributed by atoms with Gasteiger partial charge in [-0.25, -0.2) is 0 Å². The van der Waals surface area contributed by atoms with Crippen LogP contribution in [0.4, 0.5) is 0 Å². The molecule has 4 nitrogen and oxygen atoms in total. The zero-order chi connectivity index (χ0) is 30.4. The van der Waals surface area contributed by atoms with Gasteiger partial charge in [0.05, 0.1) is 45.3 Å². The lowest BCUT2D eigenvalue weighted by Crippen LogP contribution is -2.16. The van der Waals surface area contributed by atoms with Gasteiger partial charge in [-0.1, -0.05) is 74.5 Å². The molecule has 2 aromatic heterocycles. The number of fused-ring (bicyclic) bond motifs is 10. The molecule has 0 saturated carbocycles. The summed E-state index contributed by atoms with van der Waals surface area (Å²) >= 11 is 0. The minimum absolute atomic E-state index is 0.257. The third-order valence-corrected chi connectivity index (χ3v) is 9.72. The van der Waals surface area contributed by atoms with Crippen LogP contribution in [-0.2, 0) is 5.41 Å². The summed E-state index contributed by atoms with van der Waals surface area (Å²) in [4.78, 5) is 0. The zero-order valence-corrected chi connectivity index (χ0v) is 24.8. The third-order valence-electron chi connectivity index (χ3n) is 9.72. The molecule has 0 fully saturated rings. The van der Waals surface area contributed by atoms with Crippen molar-refractivity contribution in [1.29, 1.82) is 10.5 Å². The highest BCUT2D eigenvalue weighted by atomic mass is 15.0. The maximum atomic E-state index is 9.70. The molecule has 1 aliphatic rings. The Morgan fingerprint density at radius 1 is 0.511 bits per heavy atom. The molecule has 4 heteroatoms. The molecule has 0 amide bonds. The van der Waals surface area contributed by atoms with Gasteiger partial charge in [0.2, 0.25) is 0 Å². The molecule has 8 aromatic rings. The van der Waals surface area contributed by atoms with Crippen LogP contribution in [-0.4, -0.2) is 9.13 Å². The molecule has 45 heavy (non-hydrogen) atoms. The zero-order valence-electron chi connectivity index (χ0n) is 24.8. The quantitative estimate of drug-likeness (QED) is 0.206. The fraction of sp³-hybridized carbons (Fsp3) is 0.0732. The fourth-order valence-corrected chi connectivity index (χ4v) is 7.79. The van der Waals surface area contributed by atoms with Gasteiger partial charge in [-0.05, 0) is 82.9 Å². The normalized spacial score (nSPS) is 13.2. The monoisotopic (exact) mass is 574 g/mol. The van der Waals surface area contributed by atoms with E-state index in [2.05, 4.69) is 132 Å². The highest BCUT2D eigenvalue weighted by molar-refractivity contribution is 6.13. The van der Waals surface area contributed by atoms with Gasteiger partial charge in [-0.2, -0.15) is 10.5 Å². The van der Waals surface area contributed by atoms with E-state index < -0.39 is 0 Å². The van der Waals surface area contributed by atoms with Gasteiger partial charge in [0.15, 0.2) is 0 Å². The van der Waals surface area contributed by atoms with Gasteiger partial charge in [-0.15, -0.1) is 0 Å². The minimum atomic E-state index is -0.257. The molecule has 6 aromatic carbocycles. The van der Waals surface area contributed by atoms with Crippen LogP contribution in [0.15, 0.2) is 121 Å². The van der Waals surface area contributed by atoms with Gasteiger partial charge >= 0.3 is 0 Å². The van der Waals surface area contributed by atoms with E-state index >= 15 is 0 Å². The van der Waals surface area contributed by atoms with Crippen LogP contribution in [0.2, 0.25) is 0 Å². The smallest absolute Gasteiger partial charge is 0.0991 e. The molecule has 0 saturated heterocycles. The highest BCUT2D eigenvalue weighted by Crippen LogP contribution is 2.53. The maximum absolute atomic E-state index is 9.70. The van der Waals surface area contributed by atoms with Crippen LogP contribution < -0.4 is 0 Å². The van der Waals surface area contributed by atoms with Crippen LogP contribution in [0, 0.1) is 22.7 Å². The first-order valence-corrected chi connectivity index (χ1v) is 15.2. The Morgan fingerprint density at radius 2 is 1.13 bits per heavy atom. The number of nitriles is 2. The molecule has 0 atom stereocenters. The second-order valence-corrected chi connectivity index (χ2v) is 12.5. The molecule has 210 valence electrons. The van der Waals surface area contributed by atoms with Crippen LogP contribution in [0.5, 0.6) is 0 Å². The molecule has 2 heterocycles. The minimum Gasteiger partial charge on any atom is -0.309 e. The molecule has 9 rings (SSSR count). The van der Waals surface area contributed by atoms with Gasteiger partial charge in [0.1, 0.15) is 0 Å². The molecule has 0 bridgehead atoms. The van der Waals surface area contributed by atoms with Crippen LogP contribution in [0.25, 0.3) is 66.1 Å². The van der Waals surface area contributed by atoms with Crippen molar-refractivity contribution in [3.8, 4) is 34.6 Å². The highest BCUT2D eigenvalue weighted by Gasteiger charge is 2.38. The molecule has 0 spiro atoms. The van der Waals surface area contributed by atoms with Gasteiger partial charge in [0, 0.05) is 38.3 Å². The number of para-hydroxylation sites is 2. The summed E-state index contributed by atoms with van der Waals surface area (Å²) in [5.74, 6) is 0. The van der Waals surface area contributed by atoms with E-state index in [1.165, 1.54) is 33.0 Å². The van der Waals surface area contributed by atoms with E-state index in [4.69, 9.17) is 0 Å². The topological polar surface area (TPSA) is 57.4 Å². The first kappa shape index (κ1) is 25.4. The summed E-state index contributed by atoms with van der Waals surface area (Å²) in [5, 5.41) is 24.0. The van der Waals surface area contributed by atoms with E-state index in [0.29, 0.717) is 11.1 Å². The first-order chi connectivity index (χ1) is 22.0. The third kappa shape index (κ3) is 3.34. The van der Waals surface area contributed by atoms with E-state index in [1.807, 2.05) is 24.3 Å². The van der Waals surface area contributed by atoms with E-state index in [-0.39, 0.29) is 5.41 Å². The number of hydrogen-bond acceptors (Lipinski definition) is 2. The average Bonchev–Trinajstić information content (AvgIpc) is 3.67. The Morgan fingerprint density at radius 3 is 1.89 bits per heavy atom. The van der Waals surface area contributed by atoms with Gasteiger partial charge in [-0.3, -0.25) is 0 Å². The number of benzene rings is 6. The summed E-state index contributed by atoms with van der Waals surface area (Å²) in [5.41, 5.74) is 12.6. The molecular weight excluding hydrogens is 548 g/mol. The summed E-state index contributed by atoms with van der Waals surface area (Å²) < 4.78 is 4.73. The number of rotatable bonds is 2. The molecular formula is C41H26N4. The van der Waals surface area contributed by atoms with Crippen molar-refractivity contribution >= 4 is 43.6 Å². The second-order valence-electron chi connectivity index (χ2n) is 12.5. The molecule has 0 radical (unpaired) electrons. The average molecular weight is 575 g/mol. The maximum Gasteiger partial charge on any atom is 0.0991 e. The Kier molecular flexibility index (Phi) is 5.06. The number of aromatic nitrogens is 2. The van der Waals surface area contributed by atoms with Crippen molar-refractivity contribution in [2.45, 2.75) is 19.3 Å². The van der Waals surface area contributed by atoms with Gasteiger partial charge < -0.3 is 9.13 Å². The summed E-state index contributed by atoms with van der Waals surface area (Å²) in [7, 11) is 0. The molecule has 0 N–H and O–H groups in total. The largest absolute Gasteiger partial charge is 0.309 e. The predicted octanol–water partition coefficient (Wildman–Crippen LogP) is 9.93. The predicted molar refractivity (Wildman–Crippen MR) is 182 cm³/mol. The lowest BCUT2D eigenvalue weighted by molar-refractivity contribution is 0.664. The van der Waals surface area contributed by atoms with Gasteiger partial charge in [0.25, 0.3) is 0 Å². The summed E-state index contributed by atoms with van der Waals surface area (Å²) in [6.45, 7) is 4.60. The van der Waals surface area contributed by atoms with E-state index in [0.717, 1.165) is 44.3 Å². The van der Waals surface area contributed by atoms with Crippen molar-refractivity contribution in [2.75, 3.05) is 0 Å². The van der Waals surface area contributed by atoms with Crippen LogP contribution in [0.3, 0.4) is 0 Å². The van der Waals surface area contributed by atoms with Crippen LogP contribution in [0.1, 0.15) is 36.1 Å². The lowest BCUT2D eigenvalue weighted by atomic mass is 9.81. The van der Waals surface area contributed by atoms with Crippen molar-refractivity contribution in [1.82, 2.24) is 9.13 Å². The van der Waals surface area contributed by atoms with Crippen molar-refractivity contribution < 1.29 is 0 Å². The second kappa shape index (κ2) is 8.96. The van der Waals surface area contributed by atoms with E-state index in [1.54, 1.807) is 0 Å². The lowest BCUT2D eigenvalue weighted by Gasteiger charge is -2.24. The van der Waals surface area contributed by atoms with Crippen LogP contribution >= 0.6 is 0 Å². The molecule has 0 aliphatic heterocycles. The molecule has 0 unspecified atom stereocenters. The number of hydrogen-bond donors (Lipinski definition) is 0. The Bertz CT molecular complexity index is 2650. The first-order valence-electron chi connectivity index (χ1n) is 15.2.